The van der Waals surface area contributed by atoms with Crippen LogP contribution in [0, 0.1) is 0 Å². The van der Waals surface area contributed by atoms with Gasteiger partial charge in [-0.3, -0.25) is 0 Å². The summed E-state index contributed by atoms with van der Waals surface area (Å²) in [6.45, 7) is 4.81. The zero-order valence-electron chi connectivity index (χ0n) is 10.9. The fourth-order valence-corrected chi connectivity index (χ4v) is 2.24. The number of hydrogen-bond acceptors (Lipinski definition) is 3. The summed E-state index contributed by atoms with van der Waals surface area (Å²) in [5, 5.41) is 3.58. The third-order valence-electron chi connectivity index (χ3n) is 3.63. The molecule has 1 saturated carbocycles. The van der Waals surface area contributed by atoms with E-state index in [4.69, 9.17) is 9.47 Å². The largest absolute Gasteiger partial charge is 0.490 e. The Labute approximate surface area is 108 Å². The van der Waals surface area contributed by atoms with Crippen LogP contribution in [0.3, 0.4) is 0 Å². The number of ether oxygens (including phenoxy) is 2. The predicted molar refractivity (Wildman–Crippen MR) is 71.5 cm³/mol. The highest BCUT2D eigenvalue weighted by molar-refractivity contribution is 5.44. The highest BCUT2D eigenvalue weighted by Crippen LogP contribution is 2.32. The van der Waals surface area contributed by atoms with Gasteiger partial charge >= 0.3 is 0 Å². The van der Waals surface area contributed by atoms with Crippen LogP contribution in [0.2, 0.25) is 0 Å². The molecular formula is C15H21NO2. The molecular weight excluding hydrogens is 226 g/mol. The smallest absolute Gasteiger partial charge is 0.161 e. The molecule has 1 aromatic rings. The molecule has 98 valence electrons. The van der Waals surface area contributed by atoms with Gasteiger partial charge in [-0.2, -0.15) is 0 Å². The molecule has 2 aliphatic rings. The average Bonchev–Trinajstić information content (AvgIpc) is 3.21. The van der Waals surface area contributed by atoms with E-state index in [9.17, 15) is 0 Å². The normalized spacial score (nSPS) is 20.3. The van der Waals surface area contributed by atoms with Gasteiger partial charge in [-0.1, -0.05) is 13.0 Å². The molecule has 1 heterocycles. The van der Waals surface area contributed by atoms with Gasteiger partial charge in [0, 0.05) is 19.0 Å². The maximum atomic E-state index is 5.73. The van der Waals surface area contributed by atoms with Crippen molar-refractivity contribution in [1.29, 1.82) is 0 Å². The van der Waals surface area contributed by atoms with E-state index in [1.807, 2.05) is 6.07 Å². The van der Waals surface area contributed by atoms with Crippen LogP contribution in [0.5, 0.6) is 11.5 Å². The molecule has 0 aromatic heterocycles. The Bertz CT molecular complexity index is 415. The van der Waals surface area contributed by atoms with Crippen molar-refractivity contribution in [3.63, 3.8) is 0 Å². The van der Waals surface area contributed by atoms with Crippen LogP contribution >= 0.6 is 0 Å². The Morgan fingerprint density at radius 1 is 1.22 bits per heavy atom. The van der Waals surface area contributed by atoms with Gasteiger partial charge in [-0.15, -0.1) is 0 Å². The quantitative estimate of drug-likeness (QED) is 0.887. The molecule has 0 spiro atoms. The summed E-state index contributed by atoms with van der Waals surface area (Å²) in [5.41, 5.74) is 1.33. The first kappa shape index (κ1) is 11.8. The predicted octanol–water partition coefficient (Wildman–Crippen LogP) is 2.70. The van der Waals surface area contributed by atoms with Crippen molar-refractivity contribution in [1.82, 2.24) is 5.32 Å². The third-order valence-corrected chi connectivity index (χ3v) is 3.63. The SMILES string of the molecule is CC(CNC1CC1)c1ccc2c(c1)OCCCO2. The fraction of sp³-hybridized carbons (Fsp3) is 0.600. The second-order valence-electron chi connectivity index (χ2n) is 5.34. The van der Waals surface area contributed by atoms with Crippen molar-refractivity contribution in [2.75, 3.05) is 19.8 Å². The van der Waals surface area contributed by atoms with Gasteiger partial charge in [0.15, 0.2) is 11.5 Å². The van der Waals surface area contributed by atoms with Crippen molar-refractivity contribution in [2.45, 2.75) is 38.1 Å². The highest BCUT2D eigenvalue weighted by Gasteiger charge is 2.21. The van der Waals surface area contributed by atoms with Crippen molar-refractivity contribution in [2.24, 2.45) is 0 Å². The summed E-state index contributed by atoms with van der Waals surface area (Å²) in [6, 6.07) is 7.11. The molecule has 0 saturated heterocycles. The Morgan fingerprint density at radius 2 is 2.00 bits per heavy atom. The van der Waals surface area contributed by atoms with E-state index in [-0.39, 0.29) is 0 Å². The molecule has 1 aliphatic heterocycles. The van der Waals surface area contributed by atoms with Crippen LogP contribution in [0.1, 0.15) is 37.7 Å². The molecule has 0 amide bonds. The zero-order chi connectivity index (χ0) is 12.4. The maximum absolute atomic E-state index is 5.73. The molecule has 0 bridgehead atoms. The third kappa shape index (κ3) is 2.78. The molecule has 1 fully saturated rings. The first-order chi connectivity index (χ1) is 8.83. The monoisotopic (exact) mass is 247 g/mol. The lowest BCUT2D eigenvalue weighted by Crippen LogP contribution is -2.22. The molecule has 1 unspecified atom stereocenters. The Hall–Kier alpha value is -1.22. The lowest BCUT2D eigenvalue weighted by atomic mass is 10.0. The number of rotatable bonds is 4. The maximum Gasteiger partial charge on any atom is 0.161 e. The van der Waals surface area contributed by atoms with Crippen LogP contribution < -0.4 is 14.8 Å². The molecule has 1 N–H and O–H groups in total. The van der Waals surface area contributed by atoms with E-state index < -0.39 is 0 Å². The summed E-state index contributed by atoms with van der Waals surface area (Å²) in [6.07, 6.45) is 3.64. The van der Waals surface area contributed by atoms with E-state index in [2.05, 4.69) is 24.4 Å². The zero-order valence-corrected chi connectivity index (χ0v) is 10.9. The molecule has 0 radical (unpaired) electrons. The second-order valence-corrected chi connectivity index (χ2v) is 5.34. The fourth-order valence-electron chi connectivity index (χ4n) is 2.24. The lowest BCUT2D eigenvalue weighted by molar-refractivity contribution is 0.297. The number of benzene rings is 1. The minimum absolute atomic E-state index is 0.516. The second kappa shape index (κ2) is 5.19. The minimum Gasteiger partial charge on any atom is -0.490 e. The van der Waals surface area contributed by atoms with Gasteiger partial charge < -0.3 is 14.8 Å². The van der Waals surface area contributed by atoms with E-state index in [0.29, 0.717) is 5.92 Å². The highest BCUT2D eigenvalue weighted by atomic mass is 16.5. The van der Waals surface area contributed by atoms with Gasteiger partial charge in [0.2, 0.25) is 0 Å². The Kier molecular flexibility index (Phi) is 3.41. The number of fused-ring (bicyclic) bond motifs is 1. The van der Waals surface area contributed by atoms with Gasteiger partial charge in [0.25, 0.3) is 0 Å². The van der Waals surface area contributed by atoms with Crippen LogP contribution in [-0.4, -0.2) is 25.8 Å². The van der Waals surface area contributed by atoms with E-state index in [0.717, 1.165) is 43.7 Å². The first-order valence-corrected chi connectivity index (χ1v) is 6.96. The van der Waals surface area contributed by atoms with Crippen molar-refractivity contribution in [3.8, 4) is 11.5 Å². The molecule has 1 atom stereocenters. The molecule has 3 nitrogen and oxygen atoms in total. The van der Waals surface area contributed by atoms with Gasteiger partial charge in [-0.25, -0.2) is 0 Å². The molecule has 3 heteroatoms. The summed E-state index contributed by atoms with van der Waals surface area (Å²) in [7, 11) is 0. The summed E-state index contributed by atoms with van der Waals surface area (Å²) < 4.78 is 11.4. The molecule has 1 aliphatic carbocycles. The van der Waals surface area contributed by atoms with E-state index in [1.165, 1.54) is 18.4 Å². The van der Waals surface area contributed by atoms with Crippen LogP contribution in [-0.2, 0) is 0 Å². The van der Waals surface area contributed by atoms with E-state index >= 15 is 0 Å². The first-order valence-electron chi connectivity index (χ1n) is 6.96. The van der Waals surface area contributed by atoms with Crippen molar-refractivity contribution in [3.05, 3.63) is 23.8 Å². The Morgan fingerprint density at radius 3 is 2.78 bits per heavy atom. The number of hydrogen-bond donors (Lipinski definition) is 1. The number of nitrogens with one attached hydrogen (secondary N) is 1. The van der Waals surface area contributed by atoms with E-state index in [1.54, 1.807) is 0 Å². The molecule has 18 heavy (non-hydrogen) atoms. The van der Waals surface area contributed by atoms with Crippen molar-refractivity contribution < 1.29 is 9.47 Å². The van der Waals surface area contributed by atoms with Crippen LogP contribution in [0.25, 0.3) is 0 Å². The van der Waals surface area contributed by atoms with Gasteiger partial charge in [0.05, 0.1) is 13.2 Å². The summed E-state index contributed by atoms with van der Waals surface area (Å²) in [5.74, 6) is 2.31. The standard InChI is InChI=1S/C15H21NO2/c1-11(10-16-13-4-5-13)12-3-6-14-15(9-12)18-8-2-7-17-14/h3,6,9,11,13,16H,2,4-5,7-8,10H2,1H3. The minimum atomic E-state index is 0.516. The molecule has 1 aromatic carbocycles. The van der Waals surface area contributed by atoms with Gasteiger partial charge in [0.1, 0.15) is 0 Å². The topological polar surface area (TPSA) is 30.5 Å². The average molecular weight is 247 g/mol. The summed E-state index contributed by atoms with van der Waals surface area (Å²) in [4.78, 5) is 0. The Balaban J connectivity index is 1.69. The van der Waals surface area contributed by atoms with Crippen molar-refractivity contribution >= 4 is 0 Å². The van der Waals surface area contributed by atoms with Crippen LogP contribution in [0.15, 0.2) is 18.2 Å². The van der Waals surface area contributed by atoms with Crippen LogP contribution in [0.4, 0.5) is 0 Å². The molecule has 3 rings (SSSR count). The lowest BCUT2D eigenvalue weighted by Gasteiger charge is -2.15. The van der Waals surface area contributed by atoms with Gasteiger partial charge in [-0.05, 0) is 36.5 Å². The summed E-state index contributed by atoms with van der Waals surface area (Å²) >= 11 is 0.